The molecule has 2 N–H and O–H groups in total. The fourth-order valence-electron chi connectivity index (χ4n) is 2.02. The summed E-state index contributed by atoms with van der Waals surface area (Å²) in [5, 5.41) is 0. The van der Waals surface area contributed by atoms with Gasteiger partial charge in [-0.15, -0.1) is 0 Å². The van der Waals surface area contributed by atoms with Gasteiger partial charge in [-0.2, -0.15) is 0 Å². The molecule has 1 fully saturated rings. The Morgan fingerprint density at radius 3 is 2.33 bits per heavy atom. The lowest BCUT2D eigenvalue weighted by molar-refractivity contribution is 0.669. The molecule has 2 aromatic rings. The summed E-state index contributed by atoms with van der Waals surface area (Å²) >= 11 is 0. The molecule has 0 atom stereocenters. The number of benzene rings is 1. The van der Waals surface area contributed by atoms with Gasteiger partial charge in [0.2, 0.25) is 0 Å². The van der Waals surface area contributed by atoms with Crippen molar-refractivity contribution < 1.29 is 0 Å². The molecule has 3 nitrogen and oxygen atoms in total. The predicted molar refractivity (Wildman–Crippen MR) is 72.0 cm³/mol. The van der Waals surface area contributed by atoms with E-state index in [0.29, 0.717) is 0 Å². The fraction of sp³-hybridized carbons (Fsp3) is 0.333. The second kappa shape index (κ2) is 3.89. The summed E-state index contributed by atoms with van der Waals surface area (Å²) in [7, 11) is 0. The first kappa shape index (κ1) is 11.4. The van der Waals surface area contributed by atoms with E-state index in [0.717, 1.165) is 35.6 Å². The van der Waals surface area contributed by atoms with Crippen LogP contribution in [0.1, 0.15) is 29.9 Å². The first-order valence-electron chi connectivity index (χ1n) is 6.29. The largest absolute Gasteiger partial charge is 0.319 e. The molecule has 1 heterocycles. The van der Waals surface area contributed by atoms with E-state index in [1.54, 1.807) is 0 Å². The third kappa shape index (κ3) is 2.02. The maximum absolute atomic E-state index is 6.18. The van der Waals surface area contributed by atoms with Crippen molar-refractivity contribution in [1.29, 1.82) is 0 Å². The summed E-state index contributed by atoms with van der Waals surface area (Å²) in [5.41, 5.74) is 10.2. The van der Waals surface area contributed by atoms with Gasteiger partial charge in [0.05, 0.1) is 11.2 Å². The van der Waals surface area contributed by atoms with Crippen molar-refractivity contribution in [3.05, 3.63) is 47.4 Å². The summed E-state index contributed by atoms with van der Waals surface area (Å²) in [6, 6.07) is 10.4. The standard InChI is InChI=1S/C15H17N3/c1-10-3-5-12(6-4-10)13-9-11(2)17-14(18-13)15(16)7-8-15/h3-6,9H,7-8,16H2,1-2H3. The zero-order valence-corrected chi connectivity index (χ0v) is 10.8. The second-order valence-corrected chi connectivity index (χ2v) is 5.24. The molecule has 0 bridgehead atoms. The lowest BCUT2D eigenvalue weighted by atomic mass is 10.1. The molecular formula is C15H17N3. The minimum absolute atomic E-state index is 0.272. The minimum atomic E-state index is -0.272. The van der Waals surface area contributed by atoms with Crippen LogP contribution in [0.5, 0.6) is 0 Å². The van der Waals surface area contributed by atoms with E-state index in [-0.39, 0.29) is 5.54 Å². The number of hydrogen-bond donors (Lipinski definition) is 1. The van der Waals surface area contributed by atoms with Crippen molar-refractivity contribution in [3.63, 3.8) is 0 Å². The highest BCUT2D eigenvalue weighted by Gasteiger charge is 2.43. The Hall–Kier alpha value is -1.74. The van der Waals surface area contributed by atoms with Crippen LogP contribution >= 0.6 is 0 Å². The molecule has 3 heteroatoms. The number of nitrogens with two attached hydrogens (primary N) is 1. The molecule has 0 spiro atoms. The van der Waals surface area contributed by atoms with Crippen molar-refractivity contribution in [1.82, 2.24) is 9.97 Å². The van der Waals surface area contributed by atoms with Gasteiger partial charge < -0.3 is 5.73 Å². The van der Waals surface area contributed by atoms with E-state index >= 15 is 0 Å². The van der Waals surface area contributed by atoms with Crippen LogP contribution in [0.15, 0.2) is 30.3 Å². The quantitative estimate of drug-likeness (QED) is 0.876. The van der Waals surface area contributed by atoms with Crippen LogP contribution in [-0.4, -0.2) is 9.97 Å². The van der Waals surface area contributed by atoms with Gasteiger partial charge in [-0.25, -0.2) is 9.97 Å². The van der Waals surface area contributed by atoms with Crippen LogP contribution in [0.2, 0.25) is 0 Å². The first-order chi connectivity index (χ1) is 8.57. The zero-order valence-electron chi connectivity index (χ0n) is 10.8. The third-order valence-electron chi connectivity index (χ3n) is 3.44. The van der Waals surface area contributed by atoms with Gasteiger partial charge in [-0.3, -0.25) is 0 Å². The second-order valence-electron chi connectivity index (χ2n) is 5.24. The van der Waals surface area contributed by atoms with Crippen molar-refractivity contribution in [2.75, 3.05) is 0 Å². The highest BCUT2D eigenvalue weighted by molar-refractivity contribution is 5.60. The van der Waals surface area contributed by atoms with Crippen LogP contribution in [0.25, 0.3) is 11.3 Å². The van der Waals surface area contributed by atoms with E-state index in [4.69, 9.17) is 5.73 Å². The molecule has 0 aliphatic heterocycles. The van der Waals surface area contributed by atoms with Crippen LogP contribution in [0.4, 0.5) is 0 Å². The van der Waals surface area contributed by atoms with Crippen molar-refractivity contribution in [2.45, 2.75) is 32.2 Å². The molecule has 1 aromatic heterocycles. The smallest absolute Gasteiger partial charge is 0.149 e. The van der Waals surface area contributed by atoms with Gasteiger partial charge in [-0.05, 0) is 32.8 Å². The Bertz CT molecular complexity index is 583. The Kier molecular flexibility index (Phi) is 2.45. The van der Waals surface area contributed by atoms with Gasteiger partial charge in [0.1, 0.15) is 5.82 Å². The summed E-state index contributed by atoms with van der Waals surface area (Å²) in [6.07, 6.45) is 1.98. The van der Waals surface area contributed by atoms with Gasteiger partial charge in [0.15, 0.2) is 0 Å². The van der Waals surface area contributed by atoms with E-state index in [1.807, 2.05) is 13.0 Å². The molecular weight excluding hydrogens is 222 g/mol. The Labute approximate surface area is 107 Å². The highest BCUT2D eigenvalue weighted by Crippen LogP contribution is 2.41. The first-order valence-corrected chi connectivity index (χ1v) is 6.29. The van der Waals surface area contributed by atoms with Crippen LogP contribution < -0.4 is 5.73 Å². The Balaban J connectivity index is 2.06. The molecule has 1 aromatic carbocycles. The molecule has 1 aliphatic rings. The van der Waals surface area contributed by atoms with Crippen LogP contribution in [0.3, 0.4) is 0 Å². The summed E-state index contributed by atoms with van der Waals surface area (Å²) in [5.74, 6) is 0.790. The molecule has 0 unspecified atom stereocenters. The van der Waals surface area contributed by atoms with Crippen molar-refractivity contribution >= 4 is 0 Å². The van der Waals surface area contributed by atoms with E-state index < -0.39 is 0 Å². The SMILES string of the molecule is Cc1ccc(-c2cc(C)nc(C3(N)CC3)n2)cc1. The number of hydrogen-bond acceptors (Lipinski definition) is 3. The molecule has 18 heavy (non-hydrogen) atoms. The predicted octanol–water partition coefficient (Wildman–Crippen LogP) is 2.71. The maximum atomic E-state index is 6.18. The van der Waals surface area contributed by atoms with Crippen LogP contribution in [-0.2, 0) is 5.54 Å². The molecule has 0 amide bonds. The molecule has 92 valence electrons. The maximum Gasteiger partial charge on any atom is 0.149 e. The van der Waals surface area contributed by atoms with Crippen LogP contribution in [0, 0.1) is 13.8 Å². The Morgan fingerprint density at radius 2 is 1.72 bits per heavy atom. The van der Waals surface area contributed by atoms with Gasteiger partial charge in [0, 0.05) is 11.3 Å². The topological polar surface area (TPSA) is 51.8 Å². The van der Waals surface area contributed by atoms with Gasteiger partial charge in [0.25, 0.3) is 0 Å². The lowest BCUT2D eigenvalue weighted by Crippen LogP contribution is -2.22. The summed E-state index contributed by atoms with van der Waals surface area (Å²) < 4.78 is 0. The lowest BCUT2D eigenvalue weighted by Gasteiger charge is -2.10. The van der Waals surface area contributed by atoms with Gasteiger partial charge in [-0.1, -0.05) is 29.8 Å². The Morgan fingerprint density at radius 1 is 1.06 bits per heavy atom. The number of aryl methyl sites for hydroxylation is 2. The van der Waals surface area contributed by atoms with Crippen molar-refractivity contribution in [2.24, 2.45) is 5.73 Å². The average Bonchev–Trinajstić information content (AvgIpc) is 3.09. The van der Waals surface area contributed by atoms with E-state index in [1.165, 1.54) is 5.56 Å². The molecule has 1 aliphatic carbocycles. The zero-order chi connectivity index (χ0) is 12.8. The molecule has 3 rings (SSSR count). The average molecular weight is 239 g/mol. The number of nitrogens with zero attached hydrogens (tertiary/aromatic N) is 2. The third-order valence-corrected chi connectivity index (χ3v) is 3.44. The van der Waals surface area contributed by atoms with Crippen molar-refractivity contribution in [3.8, 4) is 11.3 Å². The molecule has 1 saturated carbocycles. The monoisotopic (exact) mass is 239 g/mol. The molecule has 0 radical (unpaired) electrons. The number of rotatable bonds is 2. The summed E-state index contributed by atoms with van der Waals surface area (Å²) in [6.45, 7) is 4.08. The molecule has 0 saturated heterocycles. The normalized spacial score (nSPS) is 16.6. The fourth-order valence-corrected chi connectivity index (χ4v) is 2.02. The highest BCUT2D eigenvalue weighted by atomic mass is 15.0. The van der Waals surface area contributed by atoms with E-state index in [9.17, 15) is 0 Å². The summed E-state index contributed by atoms with van der Waals surface area (Å²) in [4.78, 5) is 9.11. The number of aromatic nitrogens is 2. The van der Waals surface area contributed by atoms with Gasteiger partial charge >= 0.3 is 0 Å². The minimum Gasteiger partial charge on any atom is -0.319 e. The van der Waals surface area contributed by atoms with E-state index in [2.05, 4.69) is 41.2 Å².